The van der Waals surface area contributed by atoms with Crippen LogP contribution in [0.2, 0.25) is 0 Å². The van der Waals surface area contributed by atoms with E-state index in [-0.39, 0.29) is 11.8 Å². The predicted octanol–water partition coefficient (Wildman–Crippen LogP) is 0.0388. The van der Waals surface area contributed by atoms with E-state index in [1.165, 1.54) is 0 Å². The highest BCUT2D eigenvalue weighted by Crippen LogP contribution is 2.06. The lowest BCUT2D eigenvalue weighted by Crippen LogP contribution is -2.55. The van der Waals surface area contributed by atoms with Gasteiger partial charge in [0.15, 0.2) is 0 Å². The molecule has 0 heterocycles. The van der Waals surface area contributed by atoms with Gasteiger partial charge in [-0.05, 0) is 23.8 Å². The molecule has 0 radical (unpaired) electrons. The van der Waals surface area contributed by atoms with Crippen molar-refractivity contribution in [2.75, 3.05) is 6.54 Å². The Bertz CT molecular complexity index is 736. The number of carbonyl (C=O) groups excluding carboxylic acids is 3. The van der Waals surface area contributed by atoms with Crippen LogP contribution in [0.1, 0.15) is 33.3 Å². The van der Waals surface area contributed by atoms with Crippen molar-refractivity contribution in [1.29, 1.82) is 0 Å². The zero-order valence-electron chi connectivity index (χ0n) is 17.8. The molecule has 0 spiro atoms. The fraction of sp³-hybridized carbons (Fsp3) is 0.524. The first-order valence-electron chi connectivity index (χ1n) is 9.92. The summed E-state index contributed by atoms with van der Waals surface area (Å²) in [4.78, 5) is 48.1. The molecule has 0 aliphatic rings. The second kappa shape index (κ2) is 11.9. The largest absolute Gasteiger partial charge is 0.480 e. The van der Waals surface area contributed by atoms with E-state index in [1.54, 1.807) is 27.7 Å². The second-order valence-electron chi connectivity index (χ2n) is 7.87. The van der Waals surface area contributed by atoms with E-state index in [4.69, 9.17) is 10.8 Å². The van der Waals surface area contributed by atoms with Crippen molar-refractivity contribution in [2.24, 2.45) is 17.6 Å². The maximum Gasteiger partial charge on any atom is 0.326 e. The van der Waals surface area contributed by atoms with E-state index >= 15 is 0 Å². The molecule has 30 heavy (non-hydrogen) atoms. The molecule has 166 valence electrons. The molecule has 3 amide bonds. The van der Waals surface area contributed by atoms with Gasteiger partial charge < -0.3 is 26.8 Å². The molecular formula is C21H32N4O5. The van der Waals surface area contributed by atoms with Crippen LogP contribution in [-0.2, 0) is 25.6 Å². The monoisotopic (exact) mass is 420 g/mol. The van der Waals surface area contributed by atoms with Crippen molar-refractivity contribution < 1.29 is 24.3 Å². The van der Waals surface area contributed by atoms with Crippen molar-refractivity contribution in [3.8, 4) is 0 Å². The van der Waals surface area contributed by atoms with E-state index < -0.39 is 48.4 Å². The zero-order chi connectivity index (χ0) is 22.8. The average Bonchev–Trinajstić information content (AvgIpc) is 2.68. The number of benzene rings is 1. The van der Waals surface area contributed by atoms with E-state index in [0.29, 0.717) is 6.42 Å². The topological polar surface area (TPSA) is 151 Å². The number of amides is 3. The van der Waals surface area contributed by atoms with Gasteiger partial charge >= 0.3 is 5.97 Å². The summed E-state index contributed by atoms with van der Waals surface area (Å²) in [7, 11) is 0. The van der Waals surface area contributed by atoms with Crippen LogP contribution in [0.15, 0.2) is 30.3 Å². The van der Waals surface area contributed by atoms with Crippen molar-refractivity contribution in [3.05, 3.63) is 35.9 Å². The lowest BCUT2D eigenvalue weighted by molar-refractivity contribution is -0.143. The van der Waals surface area contributed by atoms with Crippen LogP contribution in [0.4, 0.5) is 0 Å². The zero-order valence-corrected chi connectivity index (χ0v) is 17.8. The Hall–Kier alpha value is -2.94. The van der Waals surface area contributed by atoms with Crippen LogP contribution < -0.4 is 21.7 Å². The van der Waals surface area contributed by atoms with Crippen LogP contribution in [0, 0.1) is 11.8 Å². The summed E-state index contributed by atoms with van der Waals surface area (Å²) in [5, 5.41) is 16.6. The summed E-state index contributed by atoms with van der Waals surface area (Å²) < 4.78 is 0. The Morgan fingerprint density at radius 3 is 1.97 bits per heavy atom. The van der Waals surface area contributed by atoms with Crippen molar-refractivity contribution in [3.63, 3.8) is 0 Å². The van der Waals surface area contributed by atoms with Gasteiger partial charge in [-0.1, -0.05) is 58.0 Å². The fourth-order valence-corrected chi connectivity index (χ4v) is 2.77. The molecule has 0 saturated heterocycles. The van der Waals surface area contributed by atoms with Gasteiger partial charge in [0, 0.05) is 0 Å². The minimum absolute atomic E-state index is 0.247. The molecule has 0 fully saturated rings. The van der Waals surface area contributed by atoms with E-state index in [2.05, 4.69) is 16.0 Å². The Morgan fingerprint density at radius 1 is 0.900 bits per heavy atom. The van der Waals surface area contributed by atoms with Crippen LogP contribution in [0.25, 0.3) is 0 Å². The third-order valence-corrected chi connectivity index (χ3v) is 4.55. The number of nitrogens with one attached hydrogen (secondary N) is 3. The summed E-state index contributed by atoms with van der Waals surface area (Å²) >= 11 is 0. The number of aliphatic carboxylic acids is 1. The highest BCUT2D eigenvalue weighted by atomic mass is 16.4. The molecule has 1 aromatic carbocycles. The van der Waals surface area contributed by atoms with Gasteiger partial charge in [0.1, 0.15) is 12.1 Å². The summed E-state index contributed by atoms with van der Waals surface area (Å²) in [6.07, 6.45) is 0.327. The van der Waals surface area contributed by atoms with Crippen LogP contribution in [0.3, 0.4) is 0 Å². The van der Waals surface area contributed by atoms with E-state index in [1.807, 2.05) is 30.3 Å². The molecular weight excluding hydrogens is 388 g/mol. The molecule has 1 aromatic rings. The molecule has 0 aliphatic heterocycles. The highest BCUT2D eigenvalue weighted by molar-refractivity contribution is 5.92. The molecule has 0 bridgehead atoms. The van der Waals surface area contributed by atoms with Gasteiger partial charge in [0.2, 0.25) is 17.7 Å². The third kappa shape index (κ3) is 8.20. The van der Waals surface area contributed by atoms with Gasteiger partial charge in [0.05, 0.1) is 12.6 Å². The SMILES string of the molecule is CC(C)C(NC(=O)CNC(=O)C(NC(=O)C(N)Cc1ccccc1)C(C)C)C(=O)O. The lowest BCUT2D eigenvalue weighted by atomic mass is 10.0. The molecule has 9 nitrogen and oxygen atoms in total. The first-order valence-corrected chi connectivity index (χ1v) is 9.92. The fourth-order valence-electron chi connectivity index (χ4n) is 2.77. The smallest absolute Gasteiger partial charge is 0.326 e. The maximum absolute atomic E-state index is 12.5. The number of hydrogen-bond acceptors (Lipinski definition) is 5. The van der Waals surface area contributed by atoms with Crippen LogP contribution >= 0.6 is 0 Å². The van der Waals surface area contributed by atoms with Gasteiger partial charge in [-0.15, -0.1) is 0 Å². The molecule has 1 rings (SSSR count). The molecule has 0 saturated carbocycles. The van der Waals surface area contributed by atoms with Gasteiger partial charge in [0.25, 0.3) is 0 Å². The van der Waals surface area contributed by atoms with Gasteiger partial charge in [-0.2, -0.15) is 0 Å². The minimum Gasteiger partial charge on any atom is -0.480 e. The average molecular weight is 421 g/mol. The molecule has 3 atom stereocenters. The third-order valence-electron chi connectivity index (χ3n) is 4.55. The Balaban J connectivity index is 2.62. The number of carboxylic acids is 1. The van der Waals surface area contributed by atoms with Crippen LogP contribution in [-0.4, -0.2) is 53.5 Å². The second-order valence-corrected chi connectivity index (χ2v) is 7.87. The Labute approximate surface area is 176 Å². The Morgan fingerprint density at radius 2 is 1.47 bits per heavy atom. The summed E-state index contributed by atoms with van der Waals surface area (Å²) in [6, 6.07) is 6.53. The summed E-state index contributed by atoms with van der Waals surface area (Å²) in [5.74, 6) is -3.34. The lowest BCUT2D eigenvalue weighted by Gasteiger charge is -2.24. The van der Waals surface area contributed by atoms with Gasteiger partial charge in [-0.25, -0.2) is 4.79 Å². The van der Waals surface area contributed by atoms with Crippen LogP contribution in [0.5, 0.6) is 0 Å². The number of carboxylic acid groups (broad SMARTS) is 1. The quantitative estimate of drug-likeness (QED) is 0.341. The molecule has 0 aromatic heterocycles. The molecule has 0 aliphatic carbocycles. The Kier molecular flexibility index (Phi) is 9.97. The number of carbonyl (C=O) groups is 4. The summed E-state index contributed by atoms with van der Waals surface area (Å²) in [5.41, 5.74) is 6.87. The first-order chi connectivity index (χ1) is 14.0. The van der Waals surface area contributed by atoms with Crippen molar-refractivity contribution in [2.45, 2.75) is 52.2 Å². The number of hydrogen-bond donors (Lipinski definition) is 5. The first kappa shape index (κ1) is 25.1. The van der Waals surface area contributed by atoms with E-state index in [0.717, 1.165) is 5.56 Å². The molecule has 9 heteroatoms. The number of rotatable bonds is 11. The van der Waals surface area contributed by atoms with E-state index in [9.17, 15) is 19.2 Å². The van der Waals surface area contributed by atoms with Gasteiger partial charge in [-0.3, -0.25) is 14.4 Å². The summed E-state index contributed by atoms with van der Waals surface area (Å²) in [6.45, 7) is 6.45. The van der Waals surface area contributed by atoms with Crippen molar-refractivity contribution in [1.82, 2.24) is 16.0 Å². The maximum atomic E-state index is 12.5. The standard InChI is InChI=1S/C21H32N4O5/c1-12(2)17(25-19(27)15(22)10-14-8-6-5-7-9-14)20(28)23-11-16(26)24-18(13(3)4)21(29)30/h5-9,12-13,15,17-18H,10-11,22H2,1-4H3,(H,23,28)(H,24,26)(H,25,27)(H,29,30). The van der Waals surface area contributed by atoms with Crippen molar-refractivity contribution >= 4 is 23.7 Å². The number of nitrogens with two attached hydrogens (primary N) is 1. The normalized spacial score (nSPS) is 14.0. The highest BCUT2D eigenvalue weighted by Gasteiger charge is 2.28. The predicted molar refractivity (Wildman–Crippen MR) is 112 cm³/mol. The molecule has 3 unspecified atom stereocenters. The molecule has 6 N–H and O–H groups in total. The minimum atomic E-state index is -1.15.